The number of phenols is 1. The van der Waals surface area contributed by atoms with Crippen molar-refractivity contribution in [1.29, 1.82) is 0 Å². The summed E-state index contributed by atoms with van der Waals surface area (Å²) >= 11 is 0. The fourth-order valence-corrected chi connectivity index (χ4v) is 8.80. The van der Waals surface area contributed by atoms with Gasteiger partial charge in [-0.2, -0.15) is 0 Å². The van der Waals surface area contributed by atoms with Crippen LogP contribution in [0, 0.1) is 0 Å². The number of para-hydroxylation sites is 1. The molecule has 5 aromatic carbocycles. The molecule has 0 bridgehead atoms. The Bertz CT molecular complexity index is 1780. The summed E-state index contributed by atoms with van der Waals surface area (Å²) in [6.45, 7) is 2.47. The van der Waals surface area contributed by atoms with Gasteiger partial charge in [0.25, 0.3) is 0 Å². The Morgan fingerprint density at radius 1 is 0.491 bits per heavy atom. The molecule has 2 aliphatic rings. The van der Waals surface area contributed by atoms with Crippen LogP contribution >= 0.6 is 0 Å². The molecule has 9 heteroatoms. The summed E-state index contributed by atoms with van der Waals surface area (Å²) in [4.78, 5) is 4.58. The largest absolute Gasteiger partial charge is 0.507 e. The van der Waals surface area contributed by atoms with Crippen LogP contribution < -0.4 is 18.9 Å². The standard InChI is InChI=1S/C46H52N2O7/c1-52-38-20-12-34(13-21-38)45(50,35-14-22-39(53-2)23-15-35)42-10-6-28-47(42)30-32-8-5-9-33(44(32)49)31-48-29-7-11-43(48)46(51,36-16-24-40(54-3)25-17-36)37-18-26-41(55-4)27-19-37/h5,8-9,12-27,42-43,49-51H,6-7,10-11,28-31H2,1-4H3. The van der Waals surface area contributed by atoms with E-state index in [9.17, 15) is 15.3 Å². The van der Waals surface area contributed by atoms with Crippen molar-refractivity contribution in [2.75, 3.05) is 41.5 Å². The van der Waals surface area contributed by atoms with Crippen molar-refractivity contribution in [2.45, 2.75) is 62.1 Å². The van der Waals surface area contributed by atoms with Crippen molar-refractivity contribution in [3.05, 3.63) is 149 Å². The van der Waals surface area contributed by atoms with Crippen LogP contribution in [0.3, 0.4) is 0 Å². The van der Waals surface area contributed by atoms with E-state index < -0.39 is 11.2 Å². The lowest BCUT2D eigenvalue weighted by Gasteiger charge is -2.41. The third-order valence-electron chi connectivity index (χ3n) is 11.8. The van der Waals surface area contributed by atoms with E-state index in [4.69, 9.17) is 18.9 Å². The molecule has 2 atom stereocenters. The quantitative estimate of drug-likeness (QED) is 0.109. The summed E-state index contributed by atoms with van der Waals surface area (Å²) in [6, 6.07) is 36.0. The third kappa shape index (κ3) is 7.37. The molecule has 7 rings (SSSR count). The number of rotatable bonds is 14. The number of methoxy groups -OCH3 is 4. The average molecular weight is 745 g/mol. The molecule has 5 aromatic rings. The van der Waals surface area contributed by atoms with Crippen LogP contribution in [-0.2, 0) is 24.3 Å². The summed E-state index contributed by atoms with van der Waals surface area (Å²) < 4.78 is 21.8. The topological polar surface area (TPSA) is 104 Å². The van der Waals surface area contributed by atoms with Crippen LogP contribution in [0.5, 0.6) is 28.7 Å². The highest BCUT2D eigenvalue weighted by Crippen LogP contribution is 2.44. The summed E-state index contributed by atoms with van der Waals surface area (Å²) in [5.74, 6) is 3.12. The van der Waals surface area contributed by atoms with Gasteiger partial charge in [-0.15, -0.1) is 0 Å². The number of nitrogens with zero attached hydrogens (tertiary/aromatic N) is 2. The van der Waals surface area contributed by atoms with Gasteiger partial charge in [0.15, 0.2) is 0 Å². The van der Waals surface area contributed by atoms with Crippen molar-refractivity contribution in [1.82, 2.24) is 9.80 Å². The first-order chi connectivity index (χ1) is 26.7. The first-order valence-electron chi connectivity index (χ1n) is 19.0. The lowest BCUT2D eigenvalue weighted by Crippen LogP contribution is -2.48. The first kappa shape index (κ1) is 38.2. The van der Waals surface area contributed by atoms with E-state index in [0.29, 0.717) is 13.1 Å². The number of aromatic hydroxyl groups is 1. The molecule has 2 fully saturated rings. The fourth-order valence-electron chi connectivity index (χ4n) is 8.80. The van der Waals surface area contributed by atoms with E-state index in [1.807, 2.05) is 115 Å². The monoisotopic (exact) mass is 744 g/mol. The molecular weight excluding hydrogens is 693 g/mol. The van der Waals surface area contributed by atoms with Gasteiger partial charge in [0.2, 0.25) is 0 Å². The summed E-state index contributed by atoms with van der Waals surface area (Å²) in [7, 11) is 6.54. The molecule has 0 saturated carbocycles. The van der Waals surface area contributed by atoms with Gasteiger partial charge in [0.1, 0.15) is 39.9 Å². The van der Waals surface area contributed by atoms with E-state index in [1.54, 1.807) is 28.4 Å². The predicted molar refractivity (Wildman–Crippen MR) is 213 cm³/mol. The Morgan fingerprint density at radius 3 is 1.05 bits per heavy atom. The van der Waals surface area contributed by atoms with Crippen molar-refractivity contribution in [3.63, 3.8) is 0 Å². The second-order valence-corrected chi connectivity index (χ2v) is 14.6. The molecule has 55 heavy (non-hydrogen) atoms. The second kappa shape index (κ2) is 16.4. The summed E-state index contributed by atoms with van der Waals surface area (Å²) in [5, 5.41) is 37.7. The molecule has 0 amide bonds. The number of benzene rings is 5. The number of phenolic OH excluding ortho intramolecular Hbond substituents is 1. The molecule has 0 aliphatic carbocycles. The lowest BCUT2D eigenvalue weighted by atomic mass is 9.78. The van der Waals surface area contributed by atoms with Crippen molar-refractivity contribution >= 4 is 0 Å². The van der Waals surface area contributed by atoms with E-state index in [-0.39, 0.29) is 17.8 Å². The molecule has 0 radical (unpaired) electrons. The van der Waals surface area contributed by atoms with E-state index in [0.717, 1.165) is 95.2 Å². The van der Waals surface area contributed by atoms with Gasteiger partial charge in [-0.25, -0.2) is 0 Å². The lowest BCUT2D eigenvalue weighted by molar-refractivity contribution is -0.00738. The van der Waals surface area contributed by atoms with E-state index in [2.05, 4.69) is 9.80 Å². The molecule has 0 spiro atoms. The van der Waals surface area contributed by atoms with Gasteiger partial charge in [-0.05, 0) is 110 Å². The Morgan fingerprint density at radius 2 is 0.782 bits per heavy atom. The minimum Gasteiger partial charge on any atom is -0.507 e. The molecule has 2 heterocycles. The molecule has 3 N–H and O–H groups in total. The average Bonchev–Trinajstić information content (AvgIpc) is 3.92. The number of aliphatic hydroxyl groups is 2. The Hall–Kier alpha value is -5.06. The molecule has 2 aliphatic heterocycles. The predicted octanol–water partition coefficient (Wildman–Crippen LogP) is 7.23. The zero-order valence-electron chi connectivity index (χ0n) is 32.2. The van der Waals surface area contributed by atoms with Crippen LogP contribution in [0.4, 0.5) is 0 Å². The molecule has 2 saturated heterocycles. The summed E-state index contributed by atoms with van der Waals surface area (Å²) in [5.41, 5.74) is 2.02. The van der Waals surface area contributed by atoms with Gasteiger partial charge < -0.3 is 34.3 Å². The van der Waals surface area contributed by atoms with E-state index in [1.165, 1.54) is 0 Å². The van der Waals surface area contributed by atoms with Crippen LogP contribution in [0.1, 0.15) is 59.1 Å². The number of hydrogen-bond donors (Lipinski definition) is 3. The van der Waals surface area contributed by atoms with Gasteiger partial charge in [-0.1, -0.05) is 66.7 Å². The summed E-state index contributed by atoms with van der Waals surface area (Å²) in [6.07, 6.45) is 3.37. The Kier molecular flexibility index (Phi) is 11.4. The van der Waals surface area contributed by atoms with Crippen molar-refractivity contribution < 1.29 is 34.3 Å². The highest BCUT2D eigenvalue weighted by Gasteiger charge is 2.47. The maximum absolute atomic E-state index is 12.9. The molecule has 9 nitrogen and oxygen atoms in total. The van der Waals surface area contributed by atoms with Gasteiger partial charge >= 0.3 is 0 Å². The third-order valence-corrected chi connectivity index (χ3v) is 11.8. The minimum absolute atomic E-state index is 0.244. The van der Waals surface area contributed by atoms with Crippen LogP contribution in [0.2, 0.25) is 0 Å². The molecule has 2 unspecified atom stereocenters. The van der Waals surface area contributed by atoms with Crippen molar-refractivity contribution in [2.24, 2.45) is 0 Å². The highest BCUT2D eigenvalue weighted by atomic mass is 16.5. The Labute approximate surface area is 324 Å². The number of likely N-dealkylation sites (tertiary alicyclic amines) is 2. The molecular formula is C46H52N2O7. The maximum atomic E-state index is 12.9. The molecule has 0 aromatic heterocycles. The number of hydrogen-bond acceptors (Lipinski definition) is 9. The second-order valence-electron chi connectivity index (χ2n) is 14.6. The highest BCUT2D eigenvalue weighted by molar-refractivity contribution is 5.46. The van der Waals surface area contributed by atoms with Crippen LogP contribution in [0.15, 0.2) is 115 Å². The van der Waals surface area contributed by atoms with Gasteiger partial charge in [0.05, 0.1) is 28.4 Å². The normalized spacial score (nSPS) is 18.0. The van der Waals surface area contributed by atoms with Crippen LogP contribution in [-0.4, -0.2) is 78.7 Å². The maximum Gasteiger partial charge on any atom is 0.130 e. The zero-order valence-corrected chi connectivity index (χ0v) is 32.2. The zero-order chi connectivity index (χ0) is 38.6. The SMILES string of the molecule is COc1ccc(C(O)(c2ccc(OC)cc2)C2CCCN2Cc2cccc(CN3CCCC3C(O)(c3ccc(OC)cc3)c3ccc(OC)cc3)c2O)cc1. The minimum atomic E-state index is -1.33. The van der Waals surface area contributed by atoms with Crippen molar-refractivity contribution in [3.8, 4) is 28.7 Å². The van der Waals surface area contributed by atoms with Gasteiger partial charge in [0, 0.05) is 36.3 Å². The molecule has 288 valence electrons. The Balaban J connectivity index is 1.18. The fraction of sp³-hybridized carbons (Fsp3) is 0.348. The smallest absolute Gasteiger partial charge is 0.130 e. The van der Waals surface area contributed by atoms with Gasteiger partial charge in [-0.3, -0.25) is 9.80 Å². The number of ether oxygens (including phenoxy) is 4. The van der Waals surface area contributed by atoms with Crippen LogP contribution in [0.25, 0.3) is 0 Å². The van der Waals surface area contributed by atoms with E-state index >= 15 is 0 Å². The first-order valence-corrected chi connectivity index (χ1v) is 19.0.